The van der Waals surface area contributed by atoms with Gasteiger partial charge in [0.25, 0.3) is 0 Å². The zero-order valence-corrected chi connectivity index (χ0v) is 13.6. The summed E-state index contributed by atoms with van der Waals surface area (Å²) in [4.78, 5) is 0. The average molecular weight is 366 g/mol. The van der Waals surface area contributed by atoms with Crippen molar-refractivity contribution >= 4 is 31.9 Å². The van der Waals surface area contributed by atoms with Gasteiger partial charge in [-0.3, -0.25) is 0 Å². The summed E-state index contributed by atoms with van der Waals surface area (Å²) in [7, 11) is 4.29. The summed E-state index contributed by atoms with van der Waals surface area (Å²) in [5.74, 6) is 0. The van der Waals surface area contributed by atoms with E-state index in [-0.39, 0.29) is 6.61 Å². The van der Waals surface area contributed by atoms with E-state index >= 15 is 0 Å². The van der Waals surface area contributed by atoms with Gasteiger partial charge >= 0.3 is 0 Å². The van der Waals surface area contributed by atoms with Crippen molar-refractivity contribution in [3.63, 3.8) is 0 Å². The van der Waals surface area contributed by atoms with Gasteiger partial charge in [-0.15, -0.1) is 0 Å². The first-order valence-electron chi connectivity index (χ1n) is 5.67. The predicted octanol–water partition coefficient (Wildman–Crippen LogP) is 3.05. The fraction of sp³-hybridized carbons (Fsp3) is 0.538. The van der Waals surface area contributed by atoms with Crippen LogP contribution in [-0.4, -0.2) is 36.8 Å². The van der Waals surface area contributed by atoms with E-state index < -0.39 is 0 Å². The Morgan fingerprint density at radius 2 is 1.47 bits per heavy atom. The smallest absolute Gasteiger partial charge is 0.104 e. The van der Waals surface area contributed by atoms with Crippen LogP contribution in [-0.2, 0) is 17.2 Å². The predicted molar refractivity (Wildman–Crippen MR) is 79.5 cm³/mol. The highest BCUT2D eigenvalue weighted by Gasteiger charge is 2.15. The molecule has 0 bridgehead atoms. The van der Waals surface area contributed by atoms with Gasteiger partial charge in [0, 0.05) is 16.2 Å². The van der Waals surface area contributed by atoms with Crippen LogP contribution in [0.15, 0.2) is 18.2 Å². The van der Waals surface area contributed by atoms with Crippen molar-refractivity contribution < 1.29 is 9.59 Å². The minimum Gasteiger partial charge on any atom is -0.391 e. The van der Waals surface area contributed by atoms with Gasteiger partial charge in [0.15, 0.2) is 0 Å². The molecule has 0 spiro atoms. The molecule has 4 heteroatoms. The highest BCUT2D eigenvalue weighted by molar-refractivity contribution is 9.08. The fourth-order valence-corrected chi connectivity index (χ4v) is 2.58. The SMILES string of the molecule is C[N+](C)(CCO)Cc1cc(CBr)cc(CBr)c1. The Balaban J connectivity index is 2.89. The molecule has 1 rings (SSSR count). The molecule has 0 atom stereocenters. The minimum absolute atomic E-state index is 0.233. The van der Waals surface area contributed by atoms with Crippen LogP contribution in [0, 0.1) is 0 Å². The summed E-state index contributed by atoms with van der Waals surface area (Å²) in [6, 6.07) is 6.68. The number of aliphatic hydroxyl groups is 1. The molecule has 0 aliphatic rings. The summed E-state index contributed by atoms with van der Waals surface area (Å²) in [6.07, 6.45) is 0. The topological polar surface area (TPSA) is 20.2 Å². The van der Waals surface area contributed by atoms with Crippen LogP contribution in [0.4, 0.5) is 0 Å². The normalized spacial score (nSPS) is 11.8. The number of aliphatic hydroxyl groups excluding tert-OH is 1. The second-order valence-corrected chi connectivity index (χ2v) is 6.09. The van der Waals surface area contributed by atoms with Crippen molar-refractivity contribution in [1.29, 1.82) is 0 Å². The van der Waals surface area contributed by atoms with Crippen LogP contribution in [0.1, 0.15) is 16.7 Å². The third-order valence-electron chi connectivity index (χ3n) is 2.74. The zero-order chi connectivity index (χ0) is 12.9. The third-order valence-corrected chi connectivity index (χ3v) is 4.03. The minimum atomic E-state index is 0.233. The lowest BCUT2D eigenvalue weighted by atomic mass is 10.1. The number of alkyl halides is 2. The molecule has 0 heterocycles. The molecule has 0 radical (unpaired) electrons. The summed E-state index contributed by atoms with van der Waals surface area (Å²) in [6.45, 7) is 1.96. The second kappa shape index (κ2) is 6.88. The molecule has 1 N–H and O–H groups in total. The molecule has 0 amide bonds. The molecule has 0 fully saturated rings. The van der Waals surface area contributed by atoms with Crippen molar-refractivity contribution in [2.45, 2.75) is 17.2 Å². The largest absolute Gasteiger partial charge is 0.391 e. The average Bonchev–Trinajstić information content (AvgIpc) is 2.27. The lowest BCUT2D eigenvalue weighted by Gasteiger charge is -2.29. The van der Waals surface area contributed by atoms with E-state index in [0.29, 0.717) is 0 Å². The maximum absolute atomic E-state index is 9.05. The number of quaternary nitrogens is 1. The van der Waals surface area contributed by atoms with Gasteiger partial charge in [0.1, 0.15) is 13.1 Å². The molecule has 1 aromatic carbocycles. The molecular weight excluding hydrogens is 346 g/mol. The van der Waals surface area contributed by atoms with Crippen molar-refractivity contribution in [2.75, 3.05) is 27.2 Å². The quantitative estimate of drug-likeness (QED) is 0.606. The number of benzene rings is 1. The maximum atomic E-state index is 9.05. The van der Waals surface area contributed by atoms with Crippen LogP contribution in [0.3, 0.4) is 0 Å². The van der Waals surface area contributed by atoms with E-state index in [0.717, 1.165) is 28.2 Å². The van der Waals surface area contributed by atoms with Crippen LogP contribution in [0.2, 0.25) is 0 Å². The van der Waals surface area contributed by atoms with Crippen LogP contribution in [0.25, 0.3) is 0 Å². The Kier molecular flexibility index (Phi) is 6.13. The lowest BCUT2D eigenvalue weighted by molar-refractivity contribution is -0.903. The lowest BCUT2D eigenvalue weighted by Crippen LogP contribution is -2.41. The fourth-order valence-electron chi connectivity index (χ4n) is 1.93. The Morgan fingerprint density at radius 1 is 1.00 bits per heavy atom. The second-order valence-electron chi connectivity index (χ2n) is 4.97. The summed E-state index contributed by atoms with van der Waals surface area (Å²) < 4.78 is 0.809. The molecule has 0 aliphatic heterocycles. The van der Waals surface area contributed by atoms with Gasteiger partial charge in [-0.05, 0) is 23.3 Å². The van der Waals surface area contributed by atoms with E-state index in [4.69, 9.17) is 5.11 Å². The molecule has 0 saturated heterocycles. The summed E-state index contributed by atoms with van der Waals surface area (Å²) in [5.41, 5.74) is 3.94. The molecule has 0 saturated carbocycles. The van der Waals surface area contributed by atoms with Crippen molar-refractivity contribution in [3.05, 3.63) is 34.9 Å². The molecule has 2 nitrogen and oxygen atoms in total. The number of hydrogen-bond acceptors (Lipinski definition) is 1. The van der Waals surface area contributed by atoms with E-state index in [9.17, 15) is 0 Å². The molecule has 1 aromatic rings. The van der Waals surface area contributed by atoms with E-state index in [1.807, 2.05) is 0 Å². The Bertz CT molecular complexity index is 344. The van der Waals surface area contributed by atoms with Gasteiger partial charge in [0.2, 0.25) is 0 Å². The van der Waals surface area contributed by atoms with E-state index in [1.165, 1.54) is 16.7 Å². The Hall–Kier alpha value is 0.1000. The molecule has 96 valence electrons. The van der Waals surface area contributed by atoms with Crippen molar-refractivity contribution in [3.8, 4) is 0 Å². The molecule has 0 aliphatic carbocycles. The summed E-state index contributed by atoms with van der Waals surface area (Å²) >= 11 is 7.01. The number of halogens is 2. The number of rotatable bonds is 6. The molecule has 0 aromatic heterocycles. The first-order valence-corrected chi connectivity index (χ1v) is 7.91. The number of likely N-dealkylation sites (N-methyl/N-ethyl adjacent to an activating group) is 1. The van der Waals surface area contributed by atoms with Gasteiger partial charge in [-0.1, -0.05) is 37.9 Å². The molecule has 0 unspecified atom stereocenters. The number of nitrogens with zero attached hydrogens (tertiary/aromatic N) is 1. The molecule has 17 heavy (non-hydrogen) atoms. The zero-order valence-electron chi connectivity index (χ0n) is 10.4. The van der Waals surface area contributed by atoms with Crippen LogP contribution in [0.5, 0.6) is 0 Å². The monoisotopic (exact) mass is 364 g/mol. The van der Waals surface area contributed by atoms with Gasteiger partial charge in [-0.2, -0.15) is 0 Å². The first-order chi connectivity index (χ1) is 8.00. The van der Waals surface area contributed by atoms with Gasteiger partial charge in [-0.25, -0.2) is 0 Å². The highest BCUT2D eigenvalue weighted by Crippen LogP contribution is 2.18. The summed E-state index contributed by atoms with van der Waals surface area (Å²) in [5, 5.41) is 10.8. The van der Waals surface area contributed by atoms with Crippen LogP contribution >= 0.6 is 31.9 Å². The first kappa shape index (κ1) is 15.2. The third kappa shape index (κ3) is 5.08. The number of hydrogen-bond donors (Lipinski definition) is 1. The Morgan fingerprint density at radius 3 is 1.88 bits per heavy atom. The van der Waals surface area contributed by atoms with Crippen molar-refractivity contribution in [1.82, 2.24) is 0 Å². The van der Waals surface area contributed by atoms with Crippen LogP contribution < -0.4 is 0 Å². The van der Waals surface area contributed by atoms with E-state index in [1.54, 1.807) is 0 Å². The highest BCUT2D eigenvalue weighted by atomic mass is 79.9. The standard InChI is InChI=1S/C13H20Br2NO/c1-16(2,3-4-17)10-13-6-11(8-14)5-12(7-13)9-15/h5-7,17H,3-4,8-10H2,1-2H3/q+1. The Labute approximate surface area is 120 Å². The molecular formula is C13H20Br2NO+. The van der Waals surface area contributed by atoms with Gasteiger partial charge < -0.3 is 9.59 Å². The van der Waals surface area contributed by atoms with E-state index in [2.05, 4.69) is 64.2 Å². The maximum Gasteiger partial charge on any atom is 0.104 e. The van der Waals surface area contributed by atoms with Gasteiger partial charge in [0.05, 0.1) is 20.7 Å². The van der Waals surface area contributed by atoms with Crippen molar-refractivity contribution in [2.24, 2.45) is 0 Å².